The number of hydrogen-bond acceptors (Lipinski definition) is 2. The van der Waals surface area contributed by atoms with Crippen molar-refractivity contribution in [3.05, 3.63) is 71.2 Å². The normalized spacial score (nSPS) is 10.7. The second-order valence-electron chi connectivity index (χ2n) is 4.89. The second kappa shape index (κ2) is 5.39. The van der Waals surface area contributed by atoms with Crippen LogP contribution < -0.4 is 5.73 Å². The van der Waals surface area contributed by atoms with Crippen molar-refractivity contribution in [1.29, 1.82) is 5.26 Å². The highest BCUT2D eigenvalue weighted by atomic mass is 19.1. The molecule has 3 aromatic rings. The van der Waals surface area contributed by atoms with Crippen molar-refractivity contribution in [2.24, 2.45) is 5.73 Å². The molecule has 21 heavy (non-hydrogen) atoms. The van der Waals surface area contributed by atoms with Crippen LogP contribution in [0, 0.1) is 17.1 Å². The van der Waals surface area contributed by atoms with Crippen LogP contribution in [-0.2, 0) is 13.1 Å². The zero-order valence-corrected chi connectivity index (χ0v) is 11.4. The predicted octanol–water partition coefficient (Wildman–Crippen LogP) is 3.16. The van der Waals surface area contributed by atoms with Crippen molar-refractivity contribution in [2.45, 2.75) is 13.1 Å². The van der Waals surface area contributed by atoms with Crippen LogP contribution in [0.1, 0.15) is 16.7 Å². The molecule has 104 valence electrons. The third kappa shape index (κ3) is 2.28. The molecule has 4 heteroatoms. The minimum Gasteiger partial charge on any atom is -0.343 e. The first-order chi connectivity index (χ1) is 10.2. The molecule has 0 aliphatic rings. The summed E-state index contributed by atoms with van der Waals surface area (Å²) < 4.78 is 16.1. The molecular weight excluding hydrogens is 265 g/mol. The first kappa shape index (κ1) is 13.3. The summed E-state index contributed by atoms with van der Waals surface area (Å²) in [6.07, 6.45) is 1.92. The number of benzene rings is 2. The Kier molecular flexibility index (Phi) is 3.43. The van der Waals surface area contributed by atoms with E-state index in [0.717, 1.165) is 16.5 Å². The minimum atomic E-state index is -0.447. The lowest BCUT2D eigenvalue weighted by atomic mass is 10.1. The van der Waals surface area contributed by atoms with Gasteiger partial charge in [-0.05, 0) is 23.8 Å². The van der Waals surface area contributed by atoms with Crippen molar-refractivity contribution in [3.8, 4) is 6.07 Å². The fourth-order valence-corrected chi connectivity index (χ4v) is 2.57. The van der Waals surface area contributed by atoms with Crippen LogP contribution in [0.5, 0.6) is 0 Å². The van der Waals surface area contributed by atoms with Gasteiger partial charge < -0.3 is 10.3 Å². The van der Waals surface area contributed by atoms with Gasteiger partial charge in [0.2, 0.25) is 0 Å². The first-order valence-electron chi connectivity index (χ1n) is 6.69. The zero-order valence-electron chi connectivity index (χ0n) is 11.4. The van der Waals surface area contributed by atoms with E-state index in [4.69, 9.17) is 11.0 Å². The van der Waals surface area contributed by atoms with Gasteiger partial charge in [-0.25, -0.2) is 4.39 Å². The Balaban J connectivity index is 2.06. The molecule has 2 N–H and O–H groups in total. The van der Waals surface area contributed by atoms with E-state index in [1.165, 1.54) is 6.07 Å². The molecule has 0 bridgehead atoms. The molecule has 0 atom stereocenters. The Hall–Kier alpha value is -2.64. The summed E-state index contributed by atoms with van der Waals surface area (Å²) >= 11 is 0. The fourth-order valence-electron chi connectivity index (χ4n) is 2.57. The largest absolute Gasteiger partial charge is 0.343 e. The number of nitrogens with zero attached hydrogens (tertiary/aromatic N) is 2. The van der Waals surface area contributed by atoms with E-state index in [9.17, 15) is 4.39 Å². The van der Waals surface area contributed by atoms with E-state index < -0.39 is 5.82 Å². The third-order valence-corrected chi connectivity index (χ3v) is 3.66. The third-order valence-electron chi connectivity index (χ3n) is 3.66. The van der Waals surface area contributed by atoms with Gasteiger partial charge >= 0.3 is 0 Å². The first-order valence-corrected chi connectivity index (χ1v) is 6.69. The SMILES string of the molecule is N#Cc1cccc(Cn2ccc3c(CN)cccc32)c1F. The van der Waals surface area contributed by atoms with Crippen LogP contribution in [-0.4, -0.2) is 4.57 Å². The second-order valence-corrected chi connectivity index (χ2v) is 4.89. The molecule has 0 aliphatic heterocycles. The van der Waals surface area contributed by atoms with Crippen molar-refractivity contribution in [2.75, 3.05) is 0 Å². The highest BCUT2D eigenvalue weighted by Crippen LogP contribution is 2.22. The number of aromatic nitrogens is 1. The maximum atomic E-state index is 14.2. The van der Waals surface area contributed by atoms with Gasteiger partial charge in [0, 0.05) is 29.2 Å². The summed E-state index contributed by atoms with van der Waals surface area (Å²) in [6, 6.07) is 14.7. The quantitative estimate of drug-likeness (QED) is 0.800. The molecule has 2 aromatic carbocycles. The Bertz CT molecular complexity index is 843. The molecule has 3 rings (SSSR count). The van der Waals surface area contributed by atoms with Crippen LogP contribution in [0.3, 0.4) is 0 Å². The minimum absolute atomic E-state index is 0.0756. The van der Waals surface area contributed by atoms with E-state index in [0.29, 0.717) is 18.7 Å². The molecule has 0 radical (unpaired) electrons. The monoisotopic (exact) mass is 279 g/mol. The van der Waals surface area contributed by atoms with Crippen LogP contribution in [0.2, 0.25) is 0 Å². The van der Waals surface area contributed by atoms with Crippen molar-refractivity contribution in [3.63, 3.8) is 0 Å². The van der Waals surface area contributed by atoms with Gasteiger partial charge in [-0.2, -0.15) is 5.26 Å². The number of nitriles is 1. The van der Waals surface area contributed by atoms with Gasteiger partial charge in [0.15, 0.2) is 0 Å². The van der Waals surface area contributed by atoms with Gasteiger partial charge in [0.05, 0.1) is 12.1 Å². The number of hydrogen-bond donors (Lipinski definition) is 1. The van der Waals surface area contributed by atoms with Crippen LogP contribution in [0.25, 0.3) is 10.9 Å². The van der Waals surface area contributed by atoms with Crippen molar-refractivity contribution >= 4 is 10.9 Å². The molecule has 0 fully saturated rings. The van der Waals surface area contributed by atoms with E-state index in [1.54, 1.807) is 12.1 Å². The van der Waals surface area contributed by atoms with Gasteiger partial charge in [0.1, 0.15) is 11.9 Å². The van der Waals surface area contributed by atoms with Crippen molar-refractivity contribution < 1.29 is 4.39 Å². The summed E-state index contributed by atoms with van der Waals surface area (Å²) in [6.45, 7) is 0.860. The average molecular weight is 279 g/mol. The molecule has 0 amide bonds. The number of halogens is 1. The topological polar surface area (TPSA) is 54.7 Å². The van der Waals surface area contributed by atoms with E-state index >= 15 is 0 Å². The van der Waals surface area contributed by atoms with Gasteiger partial charge in [-0.3, -0.25) is 0 Å². The maximum Gasteiger partial charge on any atom is 0.145 e. The summed E-state index contributed by atoms with van der Waals surface area (Å²) in [4.78, 5) is 0. The Morgan fingerprint density at radius 2 is 1.86 bits per heavy atom. The van der Waals surface area contributed by atoms with E-state index in [2.05, 4.69) is 0 Å². The lowest BCUT2D eigenvalue weighted by molar-refractivity contribution is 0.598. The highest BCUT2D eigenvalue weighted by Gasteiger charge is 2.10. The molecular formula is C17H14FN3. The van der Waals surface area contributed by atoms with Crippen LogP contribution in [0.15, 0.2) is 48.7 Å². The van der Waals surface area contributed by atoms with E-state index in [-0.39, 0.29) is 5.56 Å². The van der Waals surface area contributed by atoms with Crippen molar-refractivity contribution in [1.82, 2.24) is 4.57 Å². The Labute approximate surface area is 122 Å². The van der Waals surface area contributed by atoms with Gasteiger partial charge in [-0.15, -0.1) is 0 Å². The summed E-state index contributed by atoms with van der Waals surface area (Å²) in [5.41, 5.74) is 8.40. The highest BCUT2D eigenvalue weighted by molar-refractivity contribution is 5.83. The molecule has 1 aromatic heterocycles. The predicted molar refractivity (Wildman–Crippen MR) is 80.0 cm³/mol. The maximum absolute atomic E-state index is 14.2. The summed E-state index contributed by atoms with van der Waals surface area (Å²) in [5, 5.41) is 9.98. The van der Waals surface area contributed by atoms with E-state index in [1.807, 2.05) is 41.1 Å². The molecule has 0 unspecified atom stereocenters. The van der Waals surface area contributed by atoms with Gasteiger partial charge in [-0.1, -0.05) is 24.3 Å². The zero-order chi connectivity index (χ0) is 14.8. The van der Waals surface area contributed by atoms with Crippen LogP contribution in [0.4, 0.5) is 4.39 Å². The molecule has 0 saturated carbocycles. The number of fused-ring (bicyclic) bond motifs is 1. The lowest BCUT2D eigenvalue weighted by Gasteiger charge is -2.08. The molecule has 1 heterocycles. The average Bonchev–Trinajstić information content (AvgIpc) is 2.92. The lowest BCUT2D eigenvalue weighted by Crippen LogP contribution is -2.02. The Morgan fingerprint density at radius 1 is 1.10 bits per heavy atom. The standard InChI is InChI=1S/C17H14FN3/c18-17-13(10-20)4-1-5-14(17)11-21-8-7-15-12(9-19)3-2-6-16(15)21/h1-8H,9,11,19H2. The molecule has 0 spiro atoms. The van der Waals surface area contributed by atoms with Crippen LogP contribution >= 0.6 is 0 Å². The number of rotatable bonds is 3. The fraction of sp³-hybridized carbons (Fsp3) is 0.118. The molecule has 0 aliphatic carbocycles. The summed E-state index contributed by atoms with van der Waals surface area (Å²) in [5.74, 6) is -0.447. The summed E-state index contributed by atoms with van der Waals surface area (Å²) in [7, 11) is 0. The molecule has 3 nitrogen and oxygen atoms in total. The molecule has 0 saturated heterocycles. The Morgan fingerprint density at radius 3 is 2.62 bits per heavy atom. The number of nitrogens with two attached hydrogens (primary N) is 1. The van der Waals surface area contributed by atoms with Gasteiger partial charge in [0.25, 0.3) is 0 Å². The smallest absolute Gasteiger partial charge is 0.145 e.